The molecular formula is C27H33N3O6S. The van der Waals surface area contributed by atoms with E-state index in [9.17, 15) is 5.11 Å². The van der Waals surface area contributed by atoms with Gasteiger partial charge < -0.3 is 33.8 Å². The van der Waals surface area contributed by atoms with E-state index in [2.05, 4.69) is 16.0 Å². The Morgan fingerprint density at radius 3 is 2.81 bits per heavy atom. The van der Waals surface area contributed by atoms with Gasteiger partial charge in [-0.2, -0.15) is 0 Å². The Hall–Kier alpha value is -2.63. The van der Waals surface area contributed by atoms with Crippen molar-refractivity contribution in [3.63, 3.8) is 0 Å². The minimum Gasteiger partial charge on any atom is -0.488 e. The summed E-state index contributed by atoms with van der Waals surface area (Å²) in [5, 5.41) is 11.5. The van der Waals surface area contributed by atoms with E-state index in [1.807, 2.05) is 24.3 Å². The fraction of sp³-hybridized carbons (Fsp3) is 0.481. The summed E-state index contributed by atoms with van der Waals surface area (Å²) in [6.45, 7) is 3.80. The van der Waals surface area contributed by atoms with Gasteiger partial charge in [0, 0.05) is 43.3 Å². The number of nitrogens with one attached hydrogen (secondary N) is 1. The molecule has 0 radical (unpaired) electrons. The molecule has 0 aliphatic carbocycles. The Labute approximate surface area is 220 Å². The first kappa shape index (κ1) is 26.0. The Morgan fingerprint density at radius 2 is 2.03 bits per heavy atom. The predicted octanol–water partition coefficient (Wildman–Crippen LogP) is 4.32. The number of aromatic amines is 1. The second-order valence-electron chi connectivity index (χ2n) is 9.03. The normalized spacial score (nSPS) is 18.3. The molecule has 9 nitrogen and oxygen atoms in total. The summed E-state index contributed by atoms with van der Waals surface area (Å²) in [6.07, 6.45) is 4.23. The molecule has 0 amide bonds. The number of pyridine rings is 1. The van der Waals surface area contributed by atoms with Crippen molar-refractivity contribution in [1.82, 2.24) is 9.97 Å². The summed E-state index contributed by atoms with van der Waals surface area (Å²) >= 11 is 1.71. The van der Waals surface area contributed by atoms with E-state index in [0.717, 1.165) is 58.9 Å². The van der Waals surface area contributed by atoms with Crippen LogP contribution < -0.4 is 9.47 Å². The van der Waals surface area contributed by atoms with Crippen molar-refractivity contribution < 1.29 is 28.8 Å². The molecule has 4 heterocycles. The fourth-order valence-electron chi connectivity index (χ4n) is 4.30. The van der Waals surface area contributed by atoms with Crippen LogP contribution in [0, 0.1) is 0 Å². The van der Waals surface area contributed by atoms with Gasteiger partial charge in [0.1, 0.15) is 28.4 Å². The molecule has 3 aromatic rings. The van der Waals surface area contributed by atoms with E-state index in [-0.39, 0.29) is 12.7 Å². The molecule has 1 unspecified atom stereocenters. The van der Waals surface area contributed by atoms with Crippen LogP contribution in [-0.4, -0.2) is 78.2 Å². The van der Waals surface area contributed by atoms with Crippen LogP contribution in [0.15, 0.2) is 41.5 Å². The number of thioether (sulfide) groups is 1. The van der Waals surface area contributed by atoms with Gasteiger partial charge in [0.2, 0.25) is 0 Å². The molecular weight excluding hydrogens is 494 g/mol. The number of fused-ring (bicyclic) bond motifs is 1. The first-order valence-corrected chi connectivity index (χ1v) is 13.5. The molecule has 0 bridgehead atoms. The highest BCUT2D eigenvalue weighted by Gasteiger charge is 2.23. The van der Waals surface area contributed by atoms with E-state index in [1.54, 1.807) is 25.1 Å². The third kappa shape index (κ3) is 6.82. The number of aliphatic hydroxyl groups excluding tert-OH is 1. The number of H-pyrrole nitrogens is 1. The largest absolute Gasteiger partial charge is 0.488 e. The second-order valence-corrected chi connectivity index (χ2v) is 10.3. The summed E-state index contributed by atoms with van der Waals surface area (Å²) in [5.41, 5.74) is 2.70. The highest BCUT2D eigenvalue weighted by molar-refractivity contribution is 8.15. The quantitative estimate of drug-likeness (QED) is 0.336. The number of ether oxygens (including phenoxy) is 5. The van der Waals surface area contributed by atoms with Gasteiger partial charge in [-0.15, -0.1) is 0 Å². The molecule has 2 N–H and O–H groups in total. The molecule has 0 saturated carbocycles. The molecule has 5 rings (SSSR count). The molecule has 198 valence electrons. The average Bonchev–Trinajstić information content (AvgIpc) is 3.56. The summed E-state index contributed by atoms with van der Waals surface area (Å²) < 4.78 is 28.7. The van der Waals surface area contributed by atoms with E-state index >= 15 is 0 Å². The molecule has 1 saturated heterocycles. The molecule has 2 aromatic heterocycles. The van der Waals surface area contributed by atoms with E-state index < -0.39 is 0 Å². The third-order valence-corrected chi connectivity index (χ3v) is 7.53. The van der Waals surface area contributed by atoms with Gasteiger partial charge in [-0.05, 0) is 30.7 Å². The van der Waals surface area contributed by atoms with Crippen LogP contribution in [0.1, 0.15) is 30.7 Å². The van der Waals surface area contributed by atoms with Crippen LogP contribution in [0.5, 0.6) is 17.2 Å². The lowest BCUT2D eigenvalue weighted by atomic mass is 10.1. The monoisotopic (exact) mass is 527 g/mol. The number of aliphatic hydroxyl groups is 1. The molecule has 2 aliphatic heterocycles. The van der Waals surface area contributed by atoms with E-state index in [1.165, 1.54) is 0 Å². The first-order chi connectivity index (χ1) is 18.2. The van der Waals surface area contributed by atoms with Gasteiger partial charge in [0.25, 0.3) is 0 Å². The van der Waals surface area contributed by atoms with Crippen LogP contribution in [-0.2, 0) is 20.8 Å². The minimum atomic E-state index is 0.0881. The van der Waals surface area contributed by atoms with Gasteiger partial charge >= 0.3 is 0 Å². The highest BCUT2D eigenvalue weighted by Crippen LogP contribution is 2.37. The van der Waals surface area contributed by atoms with Crippen molar-refractivity contribution in [2.24, 2.45) is 4.99 Å². The smallest absolute Gasteiger partial charge is 0.147 e. The zero-order valence-electron chi connectivity index (χ0n) is 21.0. The lowest BCUT2D eigenvalue weighted by Crippen LogP contribution is -2.25. The number of hydrogen-bond acceptors (Lipinski definition) is 9. The number of aliphatic imine (C=N–C) groups is 1. The van der Waals surface area contributed by atoms with Gasteiger partial charge in [0.05, 0.1) is 62.7 Å². The lowest BCUT2D eigenvalue weighted by molar-refractivity contribution is 0.0260. The van der Waals surface area contributed by atoms with Crippen LogP contribution >= 0.6 is 11.8 Å². The summed E-state index contributed by atoms with van der Waals surface area (Å²) in [5.74, 6) is 2.05. The van der Waals surface area contributed by atoms with Gasteiger partial charge in [-0.3, -0.25) is 9.98 Å². The Kier molecular flexibility index (Phi) is 8.96. The van der Waals surface area contributed by atoms with E-state index in [4.69, 9.17) is 28.7 Å². The van der Waals surface area contributed by atoms with Crippen molar-refractivity contribution in [2.45, 2.75) is 37.2 Å². The summed E-state index contributed by atoms with van der Waals surface area (Å²) in [6, 6.07) is 9.80. The number of benzene rings is 1. The molecule has 10 heteroatoms. The lowest BCUT2D eigenvalue weighted by Gasteiger charge is -2.24. The fourth-order valence-corrected chi connectivity index (χ4v) is 5.37. The molecule has 2 aliphatic rings. The van der Waals surface area contributed by atoms with Crippen LogP contribution in [0.2, 0.25) is 0 Å². The summed E-state index contributed by atoms with van der Waals surface area (Å²) in [7, 11) is 1.65. The van der Waals surface area contributed by atoms with Crippen molar-refractivity contribution in [3.8, 4) is 17.2 Å². The summed E-state index contributed by atoms with van der Waals surface area (Å²) in [4.78, 5) is 12.7. The average molecular weight is 528 g/mol. The minimum absolute atomic E-state index is 0.0881. The maximum Gasteiger partial charge on any atom is 0.147 e. The zero-order chi connectivity index (χ0) is 25.5. The molecule has 1 atom stereocenters. The third-order valence-electron chi connectivity index (χ3n) is 6.24. The van der Waals surface area contributed by atoms with Crippen molar-refractivity contribution in [2.75, 3.05) is 46.7 Å². The van der Waals surface area contributed by atoms with Crippen LogP contribution in [0.3, 0.4) is 0 Å². The number of nitrogens with zero attached hydrogens (tertiary/aromatic N) is 2. The topological polar surface area (TPSA) is 107 Å². The van der Waals surface area contributed by atoms with Gasteiger partial charge in [-0.1, -0.05) is 11.8 Å². The van der Waals surface area contributed by atoms with Crippen molar-refractivity contribution >= 4 is 27.7 Å². The van der Waals surface area contributed by atoms with Crippen LogP contribution in [0.25, 0.3) is 10.9 Å². The SMILES string of the molecule is COCCOCc1ccc(Oc2cc(OC3CCOCC3)c3[nH]c(C4=NCC(CCO)S4)cc3c2)cn1. The van der Waals surface area contributed by atoms with Crippen molar-refractivity contribution in [3.05, 3.63) is 47.9 Å². The second kappa shape index (κ2) is 12.7. The van der Waals surface area contributed by atoms with Gasteiger partial charge in [0.15, 0.2) is 0 Å². The van der Waals surface area contributed by atoms with Crippen LogP contribution in [0.4, 0.5) is 0 Å². The zero-order valence-corrected chi connectivity index (χ0v) is 21.8. The Balaban J connectivity index is 1.36. The first-order valence-electron chi connectivity index (χ1n) is 12.6. The number of aromatic nitrogens is 2. The number of methoxy groups -OCH3 is 1. The van der Waals surface area contributed by atoms with Crippen molar-refractivity contribution in [1.29, 1.82) is 0 Å². The standard InChI is InChI=1S/C27H33N3O6S/c1-32-10-11-34-17-19-2-3-21(15-28-19)35-22-12-18-13-24(27-29-16-23(37-27)4-7-31)30-26(18)25(14-22)36-20-5-8-33-9-6-20/h2-3,12-15,20,23,30-31H,4-11,16-17H2,1H3. The maximum absolute atomic E-state index is 9.29. The van der Waals surface area contributed by atoms with Gasteiger partial charge in [-0.25, -0.2) is 0 Å². The highest BCUT2D eigenvalue weighted by atomic mass is 32.2. The maximum atomic E-state index is 9.29. The molecule has 37 heavy (non-hydrogen) atoms. The number of hydrogen-bond donors (Lipinski definition) is 2. The molecule has 0 spiro atoms. The number of rotatable bonds is 12. The van der Waals surface area contributed by atoms with E-state index in [0.29, 0.717) is 49.8 Å². The molecule has 1 aromatic carbocycles. The Bertz CT molecular complexity index is 1190. The molecule has 1 fully saturated rings. The predicted molar refractivity (Wildman–Crippen MR) is 143 cm³/mol. The Morgan fingerprint density at radius 1 is 1.14 bits per heavy atom.